The lowest BCUT2D eigenvalue weighted by Crippen LogP contribution is -2.40. The molecule has 7 nitrogen and oxygen atoms in total. The number of carbonyl (C=O) groups is 2. The van der Waals surface area contributed by atoms with Crippen LogP contribution in [0.2, 0.25) is 0 Å². The Kier molecular flexibility index (Phi) is 4.95. The molecule has 2 aromatic heterocycles. The van der Waals surface area contributed by atoms with Gasteiger partial charge in [0.05, 0.1) is 5.39 Å². The summed E-state index contributed by atoms with van der Waals surface area (Å²) in [6.45, 7) is 3.10. The average molecular weight is 396 g/mol. The summed E-state index contributed by atoms with van der Waals surface area (Å²) >= 11 is 1.63. The Hall–Kier alpha value is -3.00. The summed E-state index contributed by atoms with van der Waals surface area (Å²) in [5, 5.41) is 13.6. The third-order valence-electron chi connectivity index (χ3n) is 4.91. The van der Waals surface area contributed by atoms with Crippen LogP contribution < -0.4 is 5.32 Å². The molecule has 1 unspecified atom stereocenters. The van der Waals surface area contributed by atoms with Crippen LogP contribution in [0.25, 0.3) is 10.2 Å². The first-order valence-electron chi connectivity index (χ1n) is 9.10. The largest absolute Gasteiger partial charge is 0.480 e. The number of anilines is 1. The number of carboxylic acids is 1. The van der Waals surface area contributed by atoms with E-state index in [1.54, 1.807) is 29.8 Å². The zero-order chi connectivity index (χ0) is 19.7. The van der Waals surface area contributed by atoms with Gasteiger partial charge in [0, 0.05) is 23.5 Å². The fraction of sp³-hybridized carbons (Fsp3) is 0.300. The smallest absolute Gasteiger partial charge is 0.326 e. The second-order valence-electron chi connectivity index (χ2n) is 6.84. The number of aliphatic carboxylic acids is 1. The number of benzene rings is 1. The maximum atomic E-state index is 12.6. The number of nitrogens with zero attached hydrogens (tertiary/aromatic N) is 3. The number of aryl methyl sites for hydroxylation is 1. The van der Waals surface area contributed by atoms with Gasteiger partial charge in [0.15, 0.2) is 0 Å². The van der Waals surface area contributed by atoms with E-state index < -0.39 is 12.0 Å². The molecule has 0 aliphatic carbocycles. The first kappa shape index (κ1) is 18.4. The van der Waals surface area contributed by atoms with Crippen LogP contribution in [0.15, 0.2) is 36.7 Å². The second-order valence-corrected chi connectivity index (χ2v) is 8.08. The fourth-order valence-electron chi connectivity index (χ4n) is 3.50. The van der Waals surface area contributed by atoms with Crippen LogP contribution in [0.5, 0.6) is 0 Å². The second kappa shape index (κ2) is 7.55. The van der Waals surface area contributed by atoms with Gasteiger partial charge in [-0.1, -0.05) is 12.1 Å². The summed E-state index contributed by atoms with van der Waals surface area (Å²) in [4.78, 5) is 36.1. The highest BCUT2D eigenvalue weighted by molar-refractivity contribution is 7.18. The van der Waals surface area contributed by atoms with Gasteiger partial charge in [0.1, 0.15) is 23.0 Å². The molecule has 3 heterocycles. The number of rotatable bonds is 5. The van der Waals surface area contributed by atoms with E-state index in [9.17, 15) is 14.7 Å². The van der Waals surface area contributed by atoms with Crippen LogP contribution in [-0.4, -0.2) is 44.4 Å². The van der Waals surface area contributed by atoms with E-state index in [-0.39, 0.29) is 5.91 Å². The van der Waals surface area contributed by atoms with Crippen molar-refractivity contribution < 1.29 is 14.7 Å². The number of carboxylic acid groups (broad SMARTS) is 1. The molecule has 0 spiro atoms. The van der Waals surface area contributed by atoms with Crippen molar-refractivity contribution in [2.75, 3.05) is 11.9 Å². The summed E-state index contributed by atoms with van der Waals surface area (Å²) < 4.78 is 0. The molecule has 1 aliphatic rings. The molecule has 1 aliphatic heterocycles. The van der Waals surface area contributed by atoms with Gasteiger partial charge in [-0.3, -0.25) is 4.79 Å². The van der Waals surface area contributed by atoms with Gasteiger partial charge in [-0.15, -0.1) is 11.3 Å². The maximum absolute atomic E-state index is 12.6. The predicted molar refractivity (Wildman–Crippen MR) is 108 cm³/mol. The number of carbonyl (C=O) groups excluding carboxylic acids is 1. The topological polar surface area (TPSA) is 95.4 Å². The van der Waals surface area contributed by atoms with Crippen LogP contribution in [-0.2, 0) is 11.3 Å². The van der Waals surface area contributed by atoms with Gasteiger partial charge in [0.25, 0.3) is 5.91 Å². The van der Waals surface area contributed by atoms with Gasteiger partial charge in [-0.25, -0.2) is 14.8 Å². The zero-order valence-electron chi connectivity index (χ0n) is 15.4. The highest BCUT2D eigenvalue weighted by Gasteiger charge is 2.34. The number of aromatic nitrogens is 2. The van der Waals surface area contributed by atoms with Crippen molar-refractivity contribution in [2.24, 2.45) is 0 Å². The van der Waals surface area contributed by atoms with E-state index in [1.807, 2.05) is 19.1 Å². The van der Waals surface area contributed by atoms with Gasteiger partial charge in [-0.05, 0) is 43.5 Å². The molecule has 4 rings (SSSR count). The van der Waals surface area contributed by atoms with Crippen molar-refractivity contribution in [3.8, 4) is 0 Å². The first-order chi connectivity index (χ1) is 13.5. The number of likely N-dealkylation sites (tertiary alicyclic amines) is 1. The molecule has 1 amide bonds. The Morgan fingerprint density at radius 2 is 2.07 bits per heavy atom. The van der Waals surface area contributed by atoms with Crippen molar-refractivity contribution in [2.45, 2.75) is 32.4 Å². The average Bonchev–Trinajstić information content (AvgIpc) is 3.32. The monoisotopic (exact) mass is 396 g/mol. The van der Waals surface area contributed by atoms with Gasteiger partial charge >= 0.3 is 5.97 Å². The molecular weight excluding hydrogens is 376 g/mol. The Balaban J connectivity index is 1.45. The minimum absolute atomic E-state index is 0.226. The minimum atomic E-state index is -0.938. The predicted octanol–water partition coefficient (Wildman–Crippen LogP) is 3.30. The highest BCUT2D eigenvalue weighted by atomic mass is 32.1. The van der Waals surface area contributed by atoms with Crippen LogP contribution in [0, 0.1) is 6.92 Å². The van der Waals surface area contributed by atoms with Gasteiger partial charge in [0.2, 0.25) is 0 Å². The fourth-order valence-corrected chi connectivity index (χ4v) is 4.35. The van der Waals surface area contributed by atoms with Gasteiger partial charge < -0.3 is 15.3 Å². The van der Waals surface area contributed by atoms with Crippen molar-refractivity contribution in [3.05, 3.63) is 52.7 Å². The Labute approximate surface area is 166 Å². The van der Waals surface area contributed by atoms with Crippen LogP contribution >= 0.6 is 11.3 Å². The number of nitrogens with one attached hydrogen (secondary N) is 1. The molecule has 1 atom stereocenters. The Morgan fingerprint density at radius 1 is 1.29 bits per heavy atom. The van der Waals surface area contributed by atoms with E-state index in [2.05, 4.69) is 21.4 Å². The molecule has 2 N–H and O–H groups in total. The molecule has 1 fully saturated rings. The molecule has 0 bridgehead atoms. The lowest BCUT2D eigenvalue weighted by molar-refractivity contribution is -0.141. The number of thiophene rings is 1. The quantitative estimate of drug-likeness (QED) is 0.687. The number of fused-ring (bicyclic) bond motifs is 1. The number of hydrogen-bond donors (Lipinski definition) is 2. The molecule has 1 aromatic carbocycles. The van der Waals surface area contributed by atoms with E-state index in [4.69, 9.17) is 0 Å². The van der Waals surface area contributed by atoms with Crippen LogP contribution in [0.1, 0.15) is 33.6 Å². The van der Waals surface area contributed by atoms with Crippen molar-refractivity contribution in [1.82, 2.24) is 14.9 Å². The zero-order valence-corrected chi connectivity index (χ0v) is 16.2. The van der Waals surface area contributed by atoms with Crippen LogP contribution in [0.3, 0.4) is 0 Å². The van der Waals surface area contributed by atoms with Gasteiger partial charge in [-0.2, -0.15) is 0 Å². The lowest BCUT2D eigenvalue weighted by Gasteiger charge is -2.21. The molecule has 0 radical (unpaired) electrons. The molecule has 3 aromatic rings. The third kappa shape index (κ3) is 3.55. The van der Waals surface area contributed by atoms with Crippen LogP contribution in [0.4, 0.5) is 5.82 Å². The molecule has 0 saturated carbocycles. The van der Waals surface area contributed by atoms with E-state index in [0.717, 1.165) is 28.0 Å². The molecular formula is C20H20N4O3S. The third-order valence-corrected chi connectivity index (χ3v) is 5.87. The summed E-state index contributed by atoms with van der Waals surface area (Å²) in [6, 6.07) is 8.61. The van der Waals surface area contributed by atoms with E-state index >= 15 is 0 Å². The molecule has 28 heavy (non-hydrogen) atoms. The normalized spacial score (nSPS) is 16.5. The maximum Gasteiger partial charge on any atom is 0.326 e. The molecule has 144 valence electrons. The van der Waals surface area contributed by atoms with Crippen molar-refractivity contribution in [1.29, 1.82) is 0 Å². The summed E-state index contributed by atoms with van der Waals surface area (Å²) in [5.41, 5.74) is 1.52. The van der Waals surface area contributed by atoms with Crippen molar-refractivity contribution >= 4 is 39.2 Å². The minimum Gasteiger partial charge on any atom is -0.480 e. The summed E-state index contributed by atoms with van der Waals surface area (Å²) in [7, 11) is 0. The van der Waals surface area contributed by atoms with E-state index in [1.165, 1.54) is 9.78 Å². The highest BCUT2D eigenvalue weighted by Crippen LogP contribution is 2.27. The molecule has 8 heteroatoms. The SMILES string of the molecule is Cc1cc2c(NCc3ccc(C(=O)N4CCCC4C(=O)O)cc3)ncnc2s1. The first-order valence-corrected chi connectivity index (χ1v) is 9.92. The summed E-state index contributed by atoms with van der Waals surface area (Å²) in [6.07, 6.45) is 2.79. The van der Waals surface area contributed by atoms with Crippen molar-refractivity contribution in [3.63, 3.8) is 0 Å². The number of amides is 1. The lowest BCUT2D eigenvalue weighted by atomic mass is 10.1. The standard InChI is InChI=1S/C20H20N4O3S/c1-12-9-15-17(22-11-23-18(15)28-12)21-10-13-4-6-14(7-5-13)19(25)24-8-2-3-16(24)20(26)27/h4-7,9,11,16H,2-3,8,10H2,1H3,(H,26,27)(H,21,22,23). The Bertz CT molecular complexity index is 1030. The Morgan fingerprint density at radius 3 is 2.82 bits per heavy atom. The number of hydrogen-bond acceptors (Lipinski definition) is 6. The molecule has 1 saturated heterocycles. The summed E-state index contributed by atoms with van der Waals surface area (Å²) in [5.74, 6) is -0.377. The van der Waals surface area contributed by atoms with E-state index in [0.29, 0.717) is 25.1 Å².